The second kappa shape index (κ2) is 8.55. The van der Waals surface area contributed by atoms with Crippen LogP contribution in [0.4, 0.5) is 0 Å². The topological polar surface area (TPSA) is 3.24 Å². The minimum atomic E-state index is 1.03. The van der Waals surface area contributed by atoms with Crippen LogP contribution in [0, 0.1) is 5.92 Å². The molecule has 0 aromatic rings. The molecule has 1 aliphatic rings. The van der Waals surface area contributed by atoms with Crippen LogP contribution in [0.1, 0.15) is 53.4 Å². The van der Waals surface area contributed by atoms with Crippen molar-refractivity contribution >= 4 is 0 Å². The molecule has 1 fully saturated rings. The summed E-state index contributed by atoms with van der Waals surface area (Å²) >= 11 is 0. The maximum atomic E-state index is 2.55. The van der Waals surface area contributed by atoms with Gasteiger partial charge < -0.3 is 4.90 Å². The van der Waals surface area contributed by atoms with E-state index in [1.165, 1.54) is 45.3 Å². The lowest BCUT2D eigenvalue weighted by Crippen LogP contribution is -2.33. The standard InChI is InChI=1S/C9H19N.C3H8/c1-3-9-5-7-10(4-2)8-6-9;1-3-2/h9H,3-8H2,1-2H3;3H2,1-2H3. The van der Waals surface area contributed by atoms with E-state index in [4.69, 9.17) is 0 Å². The summed E-state index contributed by atoms with van der Waals surface area (Å²) in [6.07, 6.45) is 5.51. The van der Waals surface area contributed by atoms with Crippen LogP contribution >= 0.6 is 0 Å². The van der Waals surface area contributed by atoms with Crippen LogP contribution in [0.2, 0.25) is 0 Å². The summed E-state index contributed by atoms with van der Waals surface area (Å²) in [5.41, 5.74) is 0. The number of piperidine rings is 1. The second-order valence-electron chi connectivity index (χ2n) is 3.99. The average molecular weight is 185 g/mol. The molecule has 1 heterocycles. The van der Waals surface area contributed by atoms with Gasteiger partial charge >= 0.3 is 0 Å². The third-order valence-corrected chi connectivity index (χ3v) is 2.73. The monoisotopic (exact) mass is 185 g/mol. The molecule has 0 spiro atoms. The molecule has 1 heteroatoms. The summed E-state index contributed by atoms with van der Waals surface area (Å²) in [5.74, 6) is 1.03. The molecule has 1 aliphatic heterocycles. The Kier molecular flexibility index (Phi) is 8.53. The zero-order valence-corrected chi connectivity index (χ0v) is 9.97. The summed E-state index contributed by atoms with van der Waals surface area (Å²) < 4.78 is 0. The van der Waals surface area contributed by atoms with E-state index in [9.17, 15) is 0 Å². The molecule has 0 amide bonds. The van der Waals surface area contributed by atoms with Gasteiger partial charge in [0.05, 0.1) is 0 Å². The minimum absolute atomic E-state index is 1.03. The highest BCUT2D eigenvalue weighted by atomic mass is 15.1. The molecule has 0 aliphatic carbocycles. The summed E-state index contributed by atoms with van der Waals surface area (Å²) in [5, 5.41) is 0. The largest absolute Gasteiger partial charge is 0.304 e. The normalized spacial score (nSPS) is 19.4. The second-order valence-corrected chi connectivity index (χ2v) is 3.99. The maximum Gasteiger partial charge on any atom is -0.00162 e. The van der Waals surface area contributed by atoms with Crippen LogP contribution in [0.15, 0.2) is 0 Å². The van der Waals surface area contributed by atoms with Gasteiger partial charge in [0.15, 0.2) is 0 Å². The first-order valence-corrected chi connectivity index (χ1v) is 6.00. The molecule has 0 atom stereocenters. The minimum Gasteiger partial charge on any atom is -0.304 e. The van der Waals surface area contributed by atoms with Crippen molar-refractivity contribution < 1.29 is 0 Å². The zero-order chi connectivity index (χ0) is 10.1. The molecule has 0 saturated carbocycles. The Morgan fingerprint density at radius 1 is 1.00 bits per heavy atom. The third kappa shape index (κ3) is 6.09. The Labute approximate surface area is 84.5 Å². The fourth-order valence-electron chi connectivity index (χ4n) is 1.71. The van der Waals surface area contributed by atoms with Crippen molar-refractivity contribution in [1.29, 1.82) is 0 Å². The van der Waals surface area contributed by atoms with Crippen LogP contribution in [-0.2, 0) is 0 Å². The fraction of sp³-hybridized carbons (Fsp3) is 1.00. The maximum absolute atomic E-state index is 2.55. The van der Waals surface area contributed by atoms with Crippen LogP contribution < -0.4 is 0 Å². The van der Waals surface area contributed by atoms with Gasteiger partial charge in [-0.1, -0.05) is 40.5 Å². The molecule has 0 unspecified atom stereocenters. The summed E-state index contributed by atoms with van der Waals surface area (Å²) in [7, 11) is 0. The smallest absolute Gasteiger partial charge is 0.00162 e. The highest BCUT2D eigenvalue weighted by Crippen LogP contribution is 2.19. The first-order valence-electron chi connectivity index (χ1n) is 6.00. The van der Waals surface area contributed by atoms with Crippen molar-refractivity contribution in [3.63, 3.8) is 0 Å². The van der Waals surface area contributed by atoms with E-state index in [1.54, 1.807) is 0 Å². The van der Waals surface area contributed by atoms with Gasteiger partial charge in [0.2, 0.25) is 0 Å². The van der Waals surface area contributed by atoms with Crippen LogP contribution in [-0.4, -0.2) is 24.5 Å². The van der Waals surface area contributed by atoms with Gasteiger partial charge in [-0.2, -0.15) is 0 Å². The van der Waals surface area contributed by atoms with Crippen molar-refractivity contribution in [3.8, 4) is 0 Å². The van der Waals surface area contributed by atoms with Gasteiger partial charge in [-0.25, -0.2) is 0 Å². The summed E-state index contributed by atoms with van der Waals surface area (Å²) in [4.78, 5) is 2.55. The lowest BCUT2D eigenvalue weighted by Gasteiger charge is -2.30. The van der Waals surface area contributed by atoms with E-state index in [-0.39, 0.29) is 0 Å². The molecule has 0 bridgehead atoms. The Morgan fingerprint density at radius 2 is 1.46 bits per heavy atom. The Morgan fingerprint density at radius 3 is 1.77 bits per heavy atom. The van der Waals surface area contributed by atoms with E-state index >= 15 is 0 Å². The van der Waals surface area contributed by atoms with E-state index in [2.05, 4.69) is 32.6 Å². The van der Waals surface area contributed by atoms with Gasteiger partial charge in [0.25, 0.3) is 0 Å². The summed E-state index contributed by atoms with van der Waals surface area (Å²) in [6.45, 7) is 12.7. The molecule has 0 N–H and O–H groups in total. The van der Waals surface area contributed by atoms with Crippen molar-refractivity contribution in [3.05, 3.63) is 0 Å². The van der Waals surface area contributed by atoms with Crippen molar-refractivity contribution in [2.45, 2.75) is 53.4 Å². The van der Waals surface area contributed by atoms with Crippen LogP contribution in [0.5, 0.6) is 0 Å². The Balaban J connectivity index is 0.000000424. The number of hydrogen-bond acceptors (Lipinski definition) is 1. The molecule has 80 valence electrons. The van der Waals surface area contributed by atoms with E-state index in [0.717, 1.165) is 5.92 Å². The molecular formula is C12H27N. The first kappa shape index (κ1) is 13.0. The molecule has 1 nitrogen and oxygen atoms in total. The van der Waals surface area contributed by atoms with E-state index in [1.807, 2.05) is 0 Å². The molecule has 13 heavy (non-hydrogen) atoms. The Bertz CT molecular complexity index is 81.3. The molecule has 1 saturated heterocycles. The zero-order valence-electron chi connectivity index (χ0n) is 9.97. The van der Waals surface area contributed by atoms with Crippen molar-refractivity contribution in [1.82, 2.24) is 4.90 Å². The van der Waals surface area contributed by atoms with Gasteiger partial charge in [0, 0.05) is 0 Å². The highest BCUT2D eigenvalue weighted by molar-refractivity contribution is 4.69. The predicted octanol–water partition coefficient (Wildman–Crippen LogP) is 3.54. The van der Waals surface area contributed by atoms with Crippen molar-refractivity contribution in [2.24, 2.45) is 5.92 Å². The number of rotatable bonds is 2. The number of nitrogens with zero attached hydrogens (tertiary/aromatic N) is 1. The van der Waals surface area contributed by atoms with E-state index < -0.39 is 0 Å². The predicted molar refractivity (Wildman–Crippen MR) is 61.1 cm³/mol. The fourth-order valence-corrected chi connectivity index (χ4v) is 1.71. The lowest BCUT2D eigenvalue weighted by atomic mass is 9.95. The summed E-state index contributed by atoms with van der Waals surface area (Å²) in [6, 6.07) is 0. The molecule has 0 aromatic carbocycles. The third-order valence-electron chi connectivity index (χ3n) is 2.73. The highest BCUT2D eigenvalue weighted by Gasteiger charge is 2.15. The van der Waals surface area contributed by atoms with Crippen LogP contribution in [0.3, 0.4) is 0 Å². The van der Waals surface area contributed by atoms with E-state index in [0.29, 0.717) is 0 Å². The molecule has 0 radical (unpaired) electrons. The first-order chi connectivity index (χ1) is 6.28. The van der Waals surface area contributed by atoms with Gasteiger partial charge in [-0.3, -0.25) is 0 Å². The SMILES string of the molecule is CCC.CCC1CCN(CC)CC1. The quantitative estimate of drug-likeness (QED) is 0.636. The van der Waals surface area contributed by atoms with Gasteiger partial charge in [-0.05, 0) is 38.4 Å². The lowest BCUT2D eigenvalue weighted by molar-refractivity contribution is 0.190. The van der Waals surface area contributed by atoms with Gasteiger partial charge in [-0.15, -0.1) is 0 Å². The Hall–Kier alpha value is -0.0400. The molecule has 1 rings (SSSR count). The van der Waals surface area contributed by atoms with Crippen molar-refractivity contribution in [2.75, 3.05) is 19.6 Å². The number of likely N-dealkylation sites (tertiary alicyclic amines) is 1. The molecule has 0 aromatic heterocycles. The van der Waals surface area contributed by atoms with Crippen LogP contribution in [0.25, 0.3) is 0 Å². The van der Waals surface area contributed by atoms with Gasteiger partial charge in [0.1, 0.15) is 0 Å². The molecular weight excluding hydrogens is 158 g/mol. The number of hydrogen-bond donors (Lipinski definition) is 0. The average Bonchev–Trinajstić information content (AvgIpc) is 2.19.